The Morgan fingerprint density at radius 3 is 2.54 bits per heavy atom. The maximum atomic E-state index is 12.6. The molecular formula is C19H24N2O2S. The Labute approximate surface area is 144 Å². The van der Waals surface area contributed by atoms with Crippen molar-refractivity contribution in [1.29, 1.82) is 0 Å². The summed E-state index contributed by atoms with van der Waals surface area (Å²) in [6.07, 6.45) is 2.09. The second-order valence-corrected chi connectivity index (χ2v) is 8.19. The average Bonchev–Trinajstić information content (AvgIpc) is 3.05. The summed E-state index contributed by atoms with van der Waals surface area (Å²) < 4.78 is 27.9. The highest BCUT2D eigenvalue weighted by molar-refractivity contribution is 7.89. The normalized spacial score (nSPS) is 18.1. The summed E-state index contributed by atoms with van der Waals surface area (Å²) in [7, 11) is -3.47. The van der Waals surface area contributed by atoms with Crippen LogP contribution in [0.25, 0.3) is 0 Å². The molecule has 4 nitrogen and oxygen atoms in total. The third-order valence-electron chi connectivity index (χ3n) is 4.76. The van der Waals surface area contributed by atoms with Crippen LogP contribution in [0.15, 0.2) is 53.4 Å². The summed E-state index contributed by atoms with van der Waals surface area (Å²) in [4.78, 5) is 2.64. The van der Waals surface area contributed by atoms with Gasteiger partial charge in [-0.1, -0.05) is 24.3 Å². The van der Waals surface area contributed by atoms with Crippen LogP contribution in [0.5, 0.6) is 0 Å². The van der Waals surface area contributed by atoms with Gasteiger partial charge in [-0.2, -0.15) is 0 Å². The number of hydrogen-bond donors (Lipinski definition) is 1. The number of rotatable bonds is 5. The van der Waals surface area contributed by atoms with E-state index in [1.807, 2.05) is 38.1 Å². The largest absolute Gasteiger partial charge is 0.367 e. The summed E-state index contributed by atoms with van der Waals surface area (Å²) in [5.74, 6) is 0. The van der Waals surface area contributed by atoms with Gasteiger partial charge in [0.05, 0.1) is 4.90 Å². The van der Waals surface area contributed by atoms with Crippen molar-refractivity contribution in [2.24, 2.45) is 0 Å². The summed E-state index contributed by atoms with van der Waals surface area (Å²) in [5.41, 5.74) is 3.25. The number of anilines is 1. The molecule has 0 spiro atoms. The third-order valence-corrected chi connectivity index (χ3v) is 6.18. The highest BCUT2D eigenvalue weighted by atomic mass is 32.2. The van der Waals surface area contributed by atoms with Gasteiger partial charge < -0.3 is 4.90 Å². The Morgan fingerprint density at radius 2 is 1.83 bits per heavy atom. The predicted octanol–water partition coefficient (Wildman–Crippen LogP) is 3.25. The minimum Gasteiger partial charge on any atom is -0.367 e. The summed E-state index contributed by atoms with van der Waals surface area (Å²) in [6.45, 7) is 5.32. The van der Waals surface area contributed by atoms with Gasteiger partial charge in [-0.15, -0.1) is 0 Å². The second-order valence-electron chi connectivity index (χ2n) is 6.42. The molecule has 24 heavy (non-hydrogen) atoms. The predicted molar refractivity (Wildman–Crippen MR) is 97.9 cm³/mol. The molecule has 1 aliphatic rings. The minimum atomic E-state index is -3.47. The number of sulfonamides is 1. The average molecular weight is 344 g/mol. The summed E-state index contributed by atoms with van der Waals surface area (Å²) >= 11 is 0. The molecule has 128 valence electrons. The van der Waals surface area contributed by atoms with E-state index in [-0.39, 0.29) is 6.04 Å². The zero-order chi connectivity index (χ0) is 17.2. The van der Waals surface area contributed by atoms with Crippen molar-refractivity contribution >= 4 is 15.7 Å². The quantitative estimate of drug-likeness (QED) is 0.906. The number of nitrogens with zero attached hydrogens (tertiary/aromatic N) is 1. The fraction of sp³-hybridized carbons (Fsp3) is 0.368. The SMILES string of the molecule is Cc1ccc(S(=O)(=O)NCC2CCCN2c2ccccc2)cc1C. The molecule has 0 amide bonds. The van der Waals surface area contributed by atoms with Gasteiger partial charge in [-0.05, 0) is 62.1 Å². The Morgan fingerprint density at radius 1 is 1.08 bits per heavy atom. The molecular weight excluding hydrogens is 320 g/mol. The van der Waals surface area contributed by atoms with Gasteiger partial charge in [-0.25, -0.2) is 13.1 Å². The lowest BCUT2D eigenvalue weighted by Gasteiger charge is -2.27. The van der Waals surface area contributed by atoms with Crippen molar-refractivity contribution in [3.8, 4) is 0 Å². The number of aryl methyl sites for hydroxylation is 2. The summed E-state index contributed by atoms with van der Waals surface area (Å²) in [5, 5.41) is 0. The van der Waals surface area contributed by atoms with E-state index in [9.17, 15) is 8.42 Å². The van der Waals surface area contributed by atoms with Gasteiger partial charge in [0.2, 0.25) is 10.0 Å². The molecule has 1 fully saturated rings. The van der Waals surface area contributed by atoms with E-state index in [2.05, 4.69) is 21.8 Å². The molecule has 0 saturated carbocycles. The maximum Gasteiger partial charge on any atom is 0.240 e. The molecule has 0 radical (unpaired) electrons. The van der Waals surface area contributed by atoms with Crippen molar-refractivity contribution in [3.05, 3.63) is 59.7 Å². The molecule has 1 heterocycles. The third kappa shape index (κ3) is 3.62. The number of benzene rings is 2. The van der Waals surface area contributed by atoms with E-state index in [1.165, 1.54) is 0 Å². The lowest BCUT2D eigenvalue weighted by atomic mass is 10.1. The van der Waals surface area contributed by atoms with Gasteiger partial charge in [-0.3, -0.25) is 0 Å². The zero-order valence-corrected chi connectivity index (χ0v) is 15.0. The standard InChI is InChI=1S/C19H24N2O2S/c1-15-10-11-19(13-16(15)2)24(22,23)20-14-18-9-6-12-21(18)17-7-4-3-5-8-17/h3-5,7-8,10-11,13,18,20H,6,9,12,14H2,1-2H3. The molecule has 1 atom stereocenters. The molecule has 1 unspecified atom stereocenters. The van der Waals surface area contributed by atoms with E-state index < -0.39 is 10.0 Å². The molecule has 3 rings (SSSR count). The van der Waals surface area contributed by atoms with Crippen molar-refractivity contribution in [2.45, 2.75) is 37.6 Å². The zero-order valence-electron chi connectivity index (χ0n) is 14.2. The highest BCUT2D eigenvalue weighted by Gasteiger charge is 2.26. The van der Waals surface area contributed by atoms with E-state index in [1.54, 1.807) is 12.1 Å². The molecule has 2 aromatic carbocycles. The van der Waals surface area contributed by atoms with Crippen LogP contribution in [0.1, 0.15) is 24.0 Å². The van der Waals surface area contributed by atoms with Crippen molar-refractivity contribution in [1.82, 2.24) is 4.72 Å². The monoisotopic (exact) mass is 344 g/mol. The van der Waals surface area contributed by atoms with Gasteiger partial charge in [0.15, 0.2) is 0 Å². The maximum absolute atomic E-state index is 12.6. The van der Waals surface area contributed by atoms with Crippen LogP contribution >= 0.6 is 0 Å². The Balaban J connectivity index is 1.71. The summed E-state index contributed by atoms with van der Waals surface area (Å²) in [6, 6.07) is 15.7. The van der Waals surface area contributed by atoms with Gasteiger partial charge >= 0.3 is 0 Å². The fourth-order valence-corrected chi connectivity index (χ4v) is 4.34. The first-order valence-corrected chi connectivity index (χ1v) is 9.84. The van der Waals surface area contributed by atoms with E-state index in [0.717, 1.165) is 36.2 Å². The minimum absolute atomic E-state index is 0.203. The van der Waals surface area contributed by atoms with Crippen LogP contribution in [0.3, 0.4) is 0 Å². The fourth-order valence-electron chi connectivity index (χ4n) is 3.18. The Kier molecular flexibility index (Phi) is 4.92. The molecule has 0 bridgehead atoms. The Hall–Kier alpha value is -1.85. The van der Waals surface area contributed by atoms with Crippen molar-refractivity contribution < 1.29 is 8.42 Å². The molecule has 0 aromatic heterocycles. The van der Waals surface area contributed by atoms with Gasteiger partial charge in [0.1, 0.15) is 0 Å². The first kappa shape index (κ1) is 17.0. The van der Waals surface area contributed by atoms with Gasteiger partial charge in [0.25, 0.3) is 0 Å². The first-order valence-electron chi connectivity index (χ1n) is 8.36. The van der Waals surface area contributed by atoms with E-state index in [4.69, 9.17) is 0 Å². The van der Waals surface area contributed by atoms with E-state index in [0.29, 0.717) is 11.4 Å². The van der Waals surface area contributed by atoms with Crippen molar-refractivity contribution in [2.75, 3.05) is 18.0 Å². The Bertz CT molecular complexity index is 803. The number of hydrogen-bond acceptors (Lipinski definition) is 3. The lowest BCUT2D eigenvalue weighted by Crippen LogP contribution is -2.40. The van der Waals surface area contributed by atoms with E-state index >= 15 is 0 Å². The lowest BCUT2D eigenvalue weighted by molar-refractivity contribution is 0.567. The van der Waals surface area contributed by atoms with Crippen molar-refractivity contribution in [3.63, 3.8) is 0 Å². The first-order chi connectivity index (χ1) is 11.5. The molecule has 1 N–H and O–H groups in total. The highest BCUT2D eigenvalue weighted by Crippen LogP contribution is 2.25. The molecule has 5 heteroatoms. The molecule has 0 aliphatic carbocycles. The van der Waals surface area contributed by atoms with Crippen LogP contribution in [-0.2, 0) is 10.0 Å². The molecule has 1 saturated heterocycles. The number of nitrogens with one attached hydrogen (secondary N) is 1. The van der Waals surface area contributed by atoms with Crippen LogP contribution in [0, 0.1) is 13.8 Å². The molecule has 1 aliphatic heterocycles. The molecule has 2 aromatic rings. The topological polar surface area (TPSA) is 49.4 Å². The second kappa shape index (κ2) is 6.95. The van der Waals surface area contributed by atoms with Crippen LogP contribution in [0.2, 0.25) is 0 Å². The van der Waals surface area contributed by atoms with Crippen LogP contribution < -0.4 is 9.62 Å². The number of para-hydroxylation sites is 1. The van der Waals surface area contributed by atoms with Crippen LogP contribution in [0.4, 0.5) is 5.69 Å². The van der Waals surface area contributed by atoms with Crippen LogP contribution in [-0.4, -0.2) is 27.5 Å². The van der Waals surface area contributed by atoms with Gasteiger partial charge in [0, 0.05) is 24.8 Å². The smallest absolute Gasteiger partial charge is 0.240 e.